The minimum Gasteiger partial charge on any atom is -0.379 e. The standard InChI is InChI=1S/C22H21NO3S/c1-16-8-11-21(12-9-16)27(24,25)26-20-6-4-5-19(14-20)15-23-22-13-17(2)7-10-18(22)3/h4-15H,1-3H3. The molecule has 0 radical (unpaired) electrons. The van der Waals surface area contributed by atoms with Gasteiger partial charge in [-0.1, -0.05) is 42.0 Å². The molecule has 0 amide bonds. The van der Waals surface area contributed by atoms with Crippen LogP contribution >= 0.6 is 0 Å². The first-order valence-electron chi connectivity index (χ1n) is 8.56. The Kier molecular flexibility index (Phi) is 5.42. The number of hydrogen-bond donors (Lipinski definition) is 0. The van der Waals surface area contributed by atoms with Gasteiger partial charge in [0, 0.05) is 6.21 Å². The van der Waals surface area contributed by atoms with E-state index < -0.39 is 10.1 Å². The van der Waals surface area contributed by atoms with E-state index >= 15 is 0 Å². The van der Waals surface area contributed by atoms with Crippen LogP contribution in [0.1, 0.15) is 22.3 Å². The summed E-state index contributed by atoms with van der Waals surface area (Å²) < 4.78 is 30.1. The summed E-state index contributed by atoms with van der Waals surface area (Å²) in [5.41, 5.74) is 4.83. The zero-order chi connectivity index (χ0) is 19.4. The third-order valence-electron chi connectivity index (χ3n) is 4.09. The van der Waals surface area contributed by atoms with E-state index in [1.165, 1.54) is 12.1 Å². The average molecular weight is 379 g/mol. The monoisotopic (exact) mass is 379 g/mol. The van der Waals surface area contributed by atoms with Crippen molar-refractivity contribution in [3.63, 3.8) is 0 Å². The summed E-state index contributed by atoms with van der Waals surface area (Å²) in [5.74, 6) is 0.250. The van der Waals surface area contributed by atoms with E-state index in [0.717, 1.165) is 27.9 Å². The molecule has 0 fully saturated rings. The second-order valence-electron chi connectivity index (χ2n) is 6.47. The Morgan fingerprint density at radius 1 is 0.852 bits per heavy atom. The smallest absolute Gasteiger partial charge is 0.339 e. The Bertz CT molecular complexity index is 1080. The maximum Gasteiger partial charge on any atom is 0.339 e. The minimum absolute atomic E-state index is 0.127. The molecule has 0 aliphatic rings. The Hall–Kier alpha value is -2.92. The summed E-state index contributed by atoms with van der Waals surface area (Å²) in [4.78, 5) is 4.64. The molecule has 0 unspecified atom stereocenters. The van der Waals surface area contributed by atoms with Gasteiger partial charge in [-0.25, -0.2) is 0 Å². The van der Waals surface area contributed by atoms with Crippen LogP contribution in [-0.4, -0.2) is 14.6 Å². The molecule has 138 valence electrons. The third-order valence-corrected chi connectivity index (χ3v) is 5.35. The molecule has 5 heteroatoms. The topological polar surface area (TPSA) is 55.7 Å². The molecule has 0 aromatic heterocycles. The Balaban J connectivity index is 1.82. The highest BCUT2D eigenvalue weighted by atomic mass is 32.2. The Labute approximate surface area is 160 Å². The summed E-state index contributed by atoms with van der Waals surface area (Å²) in [7, 11) is -3.87. The highest BCUT2D eigenvalue weighted by molar-refractivity contribution is 7.87. The van der Waals surface area contributed by atoms with Crippen molar-refractivity contribution in [1.29, 1.82) is 0 Å². The van der Waals surface area contributed by atoms with E-state index in [1.807, 2.05) is 45.0 Å². The van der Waals surface area contributed by atoms with E-state index in [-0.39, 0.29) is 10.6 Å². The molecule has 0 atom stereocenters. The Morgan fingerprint density at radius 2 is 1.56 bits per heavy atom. The lowest BCUT2D eigenvalue weighted by atomic mass is 10.1. The number of hydrogen-bond acceptors (Lipinski definition) is 4. The van der Waals surface area contributed by atoms with Crippen LogP contribution in [0.5, 0.6) is 5.75 Å². The SMILES string of the molecule is Cc1ccc(S(=O)(=O)Oc2cccc(C=Nc3cc(C)ccc3C)c2)cc1. The van der Waals surface area contributed by atoms with Gasteiger partial charge >= 0.3 is 10.1 Å². The van der Waals surface area contributed by atoms with Gasteiger partial charge in [0.25, 0.3) is 0 Å². The van der Waals surface area contributed by atoms with Crippen molar-refractivity contribution in [2.45, 2.75) is 25.7 Å². The molecule has 3 aromatic carbocycles. The van der Waals surface area contributed by atoms with Crippen molar-refractivity contribution in [3.05, 3.63) is 89.0 Å². The predicted molar refractivity (Wildman–Crippen MR) is 109 cm³/mol. The molecular formula is C22H21NO3S. The molecule has 0 aliphatic carbocycles. The summed E-state index contributed by atoms with van der Waals surface area (Å²) in [5, 5.41) is 0. The molecule has 0 spiro atoms. The summed E-state index contributed by atoms with van der Waals surface area (Å²) in [6.07, 6.45) is 1.70. The summed E-state index contributed by atoms with van der Waals surface area (Å²) in [6.45, 7) is 5.92. The minimum atomic E-state index is -3.87. The first-order chi connectivity index (χ1) is 12.8. The molecule has 4 nitrogen and oxygen atoms in total. The lowest BCUT2D eigenvalue weighted by Gasteiger charge is -2.08. The van der Waals surface area contributed by atoms with Crippen LogP contribution in [0.2, 0.25) is 0 Å². The number of aliphatic imine (C=N–C) groups is 1. The summed E-state index contributed by atoms with van der Waals surface area (Å²) in [6, 6.07) is 19.5. The molecule has 0 heterocycles. The predicted octanol–water partition coefficient (Wildman–Crippen LogP) is 5.13. The van der Waals surface area contributed by atoms with Crippen molar-refractivity contribution in [1.82, 2.24) is 0 Å². The number of nitrogens with zero attached hydrogens (tertiary/aromatic N) is 1. The largest absolute Gasteiger partial charge is 0.379 e. The molecule has 27 heavy (non-hydrogen) atoms. The van der Waals surface area contributed by atoms with E-state index in [9.17, 15) is 8.42 Å². The van der Waals surface area contributed by atoms with Gasteiger partial charge in [0.1, 0.15) is 10.6 Å². The van der Waals surface area contributed by atoms with Gasteiger partial charge in [-0.2, -0.15) is 8.42 Å². The van der Waals surface area contributed by atoms with Crippen LogP contribution in [0.15, 0.2) is 76.6 Å². The van der Waals surface area contributed by atoms with Crippen LogP contribution in [0.4, 0.5) is 5.69 Å². The maximum absolute atomic E-state index is 12.4. The maximum atomic E-state index is 12.4. The zero-order valence-electron chi connectivity index (χ0n) is 15.5. The summed E-state index contributed by atoms with van der Waals surface area (Å²) >= 11 is 0. The van der Waals surface area contributed by atoms with Crippen LogP contribution in [-0.2, 0) is 10.1 Å². The van der Waals surface area contributed by atoms with Gasteiger partial charge in [-0.05, 0) is 67.8 Å². The van der Waals surface area contributed by atoms with Crippen LogP contribution in [0.25, 0.3) is 0 Å². The van der Waals surface area contributed by atoms with Crippen LogP contribution < -0.4 is 4.18 Å². The first kappa shape index (κ1) is 18.9. The fourth-order valence-electron chi connectivity index (χ4n) is 2.53. The van der Waals surface area contributed by atoms with Crippen LogP contribution in [0.3, 0.4) is 0 Å². The first-order valence-corrected chi connectivity index (χ1v) is 9.97. The molecule has 0 N–H and O–H groups in total. The van der Waals surface area contributed by atoms with Gasteiger partial charge < -0.3 is 4.18 Å². The third kappa shape index (κ3) is 4.83. The van der Waals surface area contributed by atoms with E-state index in [1.54, 1.807) is 36.5 Å². The number of aryl methyl sites for hydroxylation is 3. The van der Waals surface area contributed by atoms with Gasteiger partial charge in [0.2, 0.25) is 0 Å². The van der Waals surface area contributed by atoms with E-state index in [2.05, 4.69) is 4.99 Å². The highest BCUT2D eigenvalue weighted by Crippen LogP contribution is 2.22. The fourth-order valence-corrected chi connectivity index (χ4v) is 3.45. The van der Waals surface area contributed by atoms with Crippen molar-refractivity contribution >= 4 is 22.0 Å². The number of benzene rings is 3. The second kappa shape index (κ2) is 7.76. The van der Waals surface area contributed by atoms with Gasteiger partial charge in [0.15, 0.2) is 0 Å². The molecule has 3 rings (SSSR count). The van der Waals surface area contributed by atoms with Crippen molar-refractivity contribution in [2.75, 3.05) is 0 Å². The normalized spacial score (nSPS) is 11.7. The molecule has 0 bridgehead atoms. The molecule has 0 aliphatic heterocycles. The number of rotatable bonds is 5. The lowest BCUT2D eigenvalue weighted by Crippen LogP contribution is -2.09. The lowest BCUT2D eigenvalue weighted by molar-refractivity contribution is 0.486. The van der Waals surface area contributed by atoms with Gasteiger partial charge in [-0.15, -0.1) is 0 Å². The van der Waals surface area contributed by atoms with E-state index in [4.69, 9.17) is 4.18 Å². The molecule has 3 aromatic rings. The zero-order valence-corrected chi connectivity index (χ0v) is 16.3. The quantitative estimate of drug-likeness (QED) is 0.456. The van der Waals surface area contributed by atoms with Crippen molar-refractivity contribution in [2.24, 2.45) is 4.99 Å². The van der Waals surface area contributed by atoms with Crippen LogP contribution in [0, 0.1) is 20.8 Å². The van der Waals surface area contributed by atoms with Crippen molar-refractivity contribution in [3.8, 4) is 5.75 Å². The highest BCUT2D eigenvalue weighted by Gasteiger charge is 2.16. The van der Waals surface area contributed by atoms with Gasteiger partial charge in [0.05, 0.1) is 5.69 Å². The Morgan fingerprint density at radius 3 is 2.30 bits per heavy atom. The average Bonchev–Trinajstić information content (AvgIpc) is 2.63. The molecular weight excluding hydrogens is 358 g/mol. The fraction of sp³-hybridized carbons (Fsp3) is 0.136. The van der Waals surface area contributed by atoms with Gasteiger partial charge in [-0.3, -0.25) is 4.99 Å². The van der Waals surface area contributed by atoms with Crippen molar-refractivity contribution < 1.29 is 12.6 Å². The molecule has 0 saturated carbocycles. The molecule has 0 saturated heterocycles. The van der Waals surface area contributed by atoms with E-state index in [0.29, 0.717) is 0 Å². The second-order valence-corrected chi connectivity index (χ2v) is 8.02.